The van der Waals surface area contributed by atoms with Gasteiger partial charge in [-0.3, -0.25) is 9.11 Å². The number of phenolic OH excluding ortho intramolecular Hbond substituents is 1. The molecule has 0 fully saturated rings. The van der Waals surface area contributed by atoms with Crippen molar-refractivity contribution >= 4 is 130 Å². The monoisotopic (exact) mass is 706 g/mol. The largest absolute Gasteiger partial charge is 0.505 e. The second kappa shape index (κ2) is 15.8. The number of anilines is 1. The van der Waals surface area contributed by atoms with Crippen molar-refractivity contribution in [2.75, 3.05) is 5.73 Å². The Morgan fingerprint density at radius 2 is 1.35 bits per heavy atom. The molecular formula is C30H24N6Na2O8S2. The molecule has 0 spiro atoms. The zero-order valence-electron chi connectivity index (χ0n) is 25.7. The maximum absolute atomic E-state index is 12.3. The molecule has 0 aliphatic carbocycles. The smallest absolute Gasteiger partial charge is 0.296 e. The van der Waals surface area contributed by atoms with Crippen LogP contribution in [-0.2, 0) is 20.2 Å². The van der Waals surface area contributed by atoms with Crippen LogP contribution in [0.15, 0.2) is 126 Å². The van der Waals surface area contributed by atoms with Crippen LogP contribution in [0, 0.1) is 6.92 Å². The zero-order chi connectivity index (χ0) is 33.2. The number of aryl methyl sites for hydroxylation is 1. The van der Waals surface area contributed by atoms with E-state index in [4.69, 9.17) is 5.73 Å². The van der Waals surface area contributed by atoms with Crippen LogP contribution in [0.5, 0.6) is 5.75 Å². The van der Waals surface area contributed by atoms with E-state index in [1.54, 1.807) is 37.3 Å². The molecule has 14 nitrogen and oxygen atoms in total. The second-order valence-corrected chi connectivity index (χ2v) is 12.7. The molecule has 236 valence electrons. The van der Waals surface area contributed by atoms with E-state index in [1.165, 1.54) is 48.5 Å². The van der Waals surface area contributed by atoms with Crippen LogP contribution in [0.4, 0.5) is 34.1 Å². The summed E-state index contributed by atoms with van der Waals surface area (Å²) in [6.45, 7) is 1.68. The van der Waals surface area contributed by atoms with Gasteiger partial charge in [-0.05, 0) is 103 Å². The van der Waals surface area contributed by atoms with Crippen molar-refractivity contribution < 1.29 is 36.2 Å². The van der Waals surface area contributed by atoms with Gasteiger partial charge in [-0.15, -0.1) is 5.11 Å². The summed E-state index contributed by atoms with van der Waals surface area (Å²) >= 11 is 0. The number of nitrogens with two attached hydrogens (primary N) is 1. The van der Waals surface area contributed by atoms with Gasteiger partial charge in [0.05, 0.1) is 27.6 Å². The molecule has 0 atom stereocenters. The molecule has 0 amide bonds. The molecule has 0 unspecified atom stereocenters. The zero-order valence-corrected chi connectivity index (χ0v) is 31.3. The summed E-state index contributed by atoms with van der Waals surface area (Å²) in [6.07, 6.45) is 0. The first-order valence-electron chi connectivity index (χ1n) is 13.1. The molecule has 0 aromatic heterocycles. The Hall–Kier alpha value is -3.55. The van der Waals surface area contributed by atoms with E-state index in [-0.39, 0.29) is 97.7 Å². The van der Waals surface area contributed by atoms with E-state index >= 15 is 0 Å². The summed E-state index contributed by atoms with van der Waals surface area (Å²) in [5.74, 6) is -0.889. The molecule has 0 bridgehead atoms. The minimum atomic E-state index is -4.89. The van der Waals surface area contributed by atoms with E-state index in [1.807, 2.05) is 0 Å². The Balaban J connectivity index is 0.00000312. The fourth-order valence-corrected chi connectivity index (χ4v) is 5.44. The number of rotatable bonds is 8. The van der Waals surface area contributed by atoms with Crippen molar-refractivity contribution in [3.8, 4) is 5.75 Å². The molecule has 0 aliphatic heterocycles. The maximum atomic E-state index is 12.3. The molecule has 0 saturated heterocycles. The fraction of sp³-hybridized carbons (Fsp3) is 0.0333. The fourth-order valence-electron chi connectivity index (χ4n) is 4.26. The molecule has 0 saturated carbocycles. The normalized spacial score (nSPS) is 12.3. The number of fused-ring (bicyclic) bond motifs is 1. The van der Waals surface area contributed by atoms with E-state index in [0.717, 1.165) is 12.1 Å². The summed E-state index contributed by atoms with van der Waals surface area (Å²) in [5, 5.41) is 37.8. The maximum Gasteiger partial charge on any atom is 0.296 e. The second-order valence-electron chi connectivity index (χ2n) is 9.85. The van der Waals surface area contributed by atoms with Crippen LogP contribution in [-0.4, -0.2) is 101 Å². The molecular weight excluding hydrogens is 682 g/mol. The topological polar surface area (TPSA) is 237 Å². The van der Waals surface area contributed by atoms with Crippen LogP contribution in [0.2, 0.25) is 0 Å². The molecule has 18 heteroatoms. The first-order valence-corrected chi connectivity index (χ1v) is 16.0. The Bertz CT molecular complexity index is 2320. The van der Waals surface area contributed by atoms with Gasteiger partial charge in [-0.2, -0.15) is 32.2 Å². The summed E-state index contributed by atoms with van der Waals surface area (Å²) in [6, 6.07) is 21.6. The van der Waals surface area contributed by atoms with Gasteiger partial charge < -0.3 is 15.9 Å². The summed E-state index contributed by atoms with van der Waals surface area (Å²) in [4.78, 5) is 3.09. The van der Waals surface area contributed by atoms with Crippen molar-refractivity contribution in [2.24, 2.45) is 25.4 Å². The van der Waals surface area contributed by atoms with Crippen molar-refractivity contribution in [1.29, 1.82) is 0 Å². The third kappa shape index (κ3) is 9.32. The van der Waals surface area contributed by atoms with E-state index in [2.05, 4.69) is 25.4 Å². The van der Waals surface area contributed by atoms with Crippen LogP contribution in [0.1, 0.15) is 11.1 Å². The van der Waals surface area contributed by atoms with E-state index < -0.39 is 36.6 Å². The number of hydrogen-bond acceptors (Lipinski definition) is 11. The summed E-state index contributed by atoms with van der Waals surface area (Å²) in [7, 11) is -9.30. The van der Waals surface area contributed by atoms with Crippen LogP contribution < -0.4 is 5.73 Å². The number of nitrogens with zero attached hydrogens (tertiary/aromatic N) is 5. The van der Waals surface area contributed by atoms with Crippen LogP contribution >= 0.6 is 0 Å². The number of aliphatic hydroxyl groups is 1. The van der Waals surface area contributed by atoms with Gasteiger partial charge in [-0.25, -0.2) is 4.99 Å². The Labute approximate surface area is 319 Å². The number of nitrogen functional groups attached to an aromatic ring is 1. The summed E-state index contributed by atoms with van der Waals surface area (Å²) in [5.41, 5.74) is 7.68. The number of aliphatic imine (C=N–C) groups is 1. The van der Waals surface area contributed by atoms with Gasteiger partial charge in [0.15, 0.2) is 5.75 Å². The molecule has 5 rings (SSSR count). The molecule has 6 N–H and O–H groups in total. The van der Waals surface area contributed by atoms with Gasteiger partial charge in [0.25, 0.3) is 20.2 Å². The van der Waals surface area contributed by atoms with Crippen molar-refractivity contribution in [3.63, 3.8) is 0 Å². The number of phenols is 1. The first-order chi connectivity index (χ1) is 21.7. The number of hydrogen-bond donors (Lipinski definition) is 5. The summed E-state index contributed by atoms with van der Waals surface area (Å²) < 4.78 is 66.5. The molecule has 0 aliphatic rings. The average molecular weight is 707 g/mol. The van der Waals surface area contributed by atoms with Gasteiger partial charge in [0.2, 0.25) is 5.90 Å². The van der Waals surface area contributed by atoms with Crippen molar-refractivity contribution in [1.82, 2.24) is 0 Å². The molecule has 0 heterocycles. The number of benzene rings is 5. The van der Waals surface area contributed by atoms with E-state index in [9.17, 15) is 36.2 Å². The Morgan fingerprint density at radius 3 is 2.00 bits per heavy atom. The first kappa shape index (κ1) is 38.9. The molecule has 5 aromatic rings. The predicted molar refractivity (Wildman–Crippen MR) is 182 cm³/mol. The van der Waals surface area contributed by atoms with E-state index in [0.29, 0.717) is 22.5 Å². The number of aromatic hydroxyl groups is 1. The Morgan fingerprint density at radius 1 is 0.708 bits per heavy atom. The minimum absolute atomic E-state index is 0. The standard InChI is InChI=1S/C30H24N6O8S2.2Na/c1-17-13-23(10-12-26(17)35-33-22-3-2-4-24(16-22)45(39,40)41)34-36-28-27(46(42,43)44)15-19-14-21(9-11-25(19)29(28)37)32-30(38)18-5-7-20(31)8-6-18;;/h2-16,37H,31H2,1H3,(H,32,38)(H,39,40,41)(H,42,43,44);;. The van der Waals surface area contributed by atoms with Gasteiger partial charge in [-0.1, -0.05) is 6.07 Å². The van der Waals surface area contributed by atoms with Crippen molar-refractivity contribution in [3.05, 3.63) is 102 Å². The van der Waals surface area contributed by atoms with Gasteiger partial charge in [0.1, 0.15) is 10.6 Å². The molecule has 48 heavy (non-hydrogen) atoms. The van der Waals surface area contributed by atoms with Gasteiger partial charge in [0, 0.05) is 75.8 Å². The average Bonchev–Trinajstić information content (AvgIpc) is 2.99. The third-order valence-electron chi connectivity index (χ3n) is 6.55. The van der Waals surface area contributed by atoms with Crippen LogP contribution in [0.25, 0.3) is 10.8 Å². The number of aliphatic hydroxyl groups excluding tert-OH is 1. The third-order valence-corrected chi connectivity index (χ3v) is 8.27. The SMILES string of the molecule is Cc1cc(N=Nc2c(S(=O)(=O)O)cc3cc(N=C(O)c4ccc(N)cc4)ccc3c2O)ccc1N=Nc1cccc(S(=O)(=O)O)c1.[Na].[Na]. The van der Waals surface area contributed by atoms with Gasteiger partial charge >= 0.3 is 0 Å². The molecule has 5 aromatic carbocycles. The van der Waals surface area contributed by atoms with Crippen molar-refractivity contribution in [2.45, 2.75) is 16.7 Å². The minimum Gasteiger partial charge on any atom is -0.505 e. The quantitative estimate of drug-likeness (QED) is 0.0290. The number of azo groups is 2. The van der Waals surface area contributed by atoms with Crippen LogP contribution in [0.3, 0.4) is 0 Å². The predicted octanol–water partition coefficient (Wildman–Crippen LogP) is 6.63. The molecule has 2 radical (unpaired) electrons. The Kier molecular flexibility index (Phi) is 12.8.